The highest BCUT2D eigenvalue weighted by molar-refractivity contribution is 5.26. The van der Waals surface area contributed by atoms with Gasteiger partial charge in [0.05, 0.1) is 0 Å². The third-order valence-electron chi connectivity index (χ3n) is 2.75. The standard InChI is InChI=1S/C10H16N2/c1-8(2)12-6-9-4-5-11(3)10(9)7-12/h4-5,8H,6-7H2,1-3H3. The summed E-state index contributed by atoms with van der Waals surface area (Å²) in [5.74, 6) is 0. The monoisotopic (exact) mass is 164 g/mol. The Kier molecular flexibility index (Phi) is 1.72. The van der Waals surface area contributed by atoms with E-state index in [1.165, 1.54) is 11.3 Å². The van der Waals surface area contributed by atoms with Crippen LogP contribution in [0.5, 0.6) is 0 Å². The van der Waals surface area contributed by atoms with Gasteiger partial charge in [0.2, 0.25) is 0 Å². The summed E-state index contributed by atoms with van der Waals surface area (Å²) in [6.45, 7) is 6.77. The van der Waals surface area contributed by atoms with Crippen molar-refractivity contribution >= 4 is 0 Å². The van der Waals surface area contributed by atoms with Crippen LogP contribution in [0.1, 0.15) is 25.1 Å². The first kappa shape index (κ1) is 7.87. The molecule has 1 aromatic heterocycles. The molecule has 0 N–H and O–H groups in total. The molecule has 0 fully saturated rings. The zero-order valence-corrected chi connectivity index (χ0v) is 8.04. The Morgan fingerprint density at radius 1 is 1.33 bits per heavy atom. The van der Waals surface area contributed by atoms with Crippen LogP contribution in [0.25, 0.3) is 0 Å². The van der Waals surface area contributed by atoms with E-state index in [9.17, 15) is 0 Å². The largest absolute Gasteiger partial charge is 0.353 e. The van der Waals surface area contributed by atoms with Crippen molar-refractivity contribution in [3.05, 3.63) is 23.5 Å². The summed E-state index contributed by atoms with van der Waals surface area (Å²) in [6, 6.07) is 2.90. The molecule has 0 spiro atoms. The zero-order valence-electron chi connectivity index (χ0n) is 8.04. The average Bonchev–Trinajstić information content (AvgIpc) is 2.53. The second kappa shape index (κ2) is 2.63. The van der Waals surface area contributed by atoms with Crippen LogP contribution in [-0.2, 0) is 20.1 Å². The van der Waals surface area contributed by atoms with Crippen molar-refractivity contribution in [2.24, 2.45) is 7.05 Å². The minimum Gasteiger partial charge on any atom is -0.353 e. The lowest BCUT2D eigenvalue weighted by molar-refractivity contribution is 0.224. The Morgan fingerprint density at radius 2 is 2.08 bits per heavy atom. The van der Waals surface area contributed by atoms with Crippen LogP contribution in [0.2, 0.25) is 0 Å². The van der Waals surface area contributed by atoms with Crippen LogP contribution in [0.4, 0.5) is 0 Å². The van der Waals surface area contributed by atoms with Crippen molar-refractivity contribution in [1.82, 2.24) is 9.47 Å². The van der Waals surface area contributed by atoms with Gasteiger partial charge in [0.25, 0.3) is 0 Å². The Labute approximate surface area is 73.8 Å². The van der Waals surface area contributed by atoms with Gasteiger partial charge in [0.1, 0.15) is 0 Å². The van der Waals surface area contributed by atoms with E-state index in [1.807, 2.05) is 0 Å². The first-order chi connectivity index (χ1) is 5.68. The van der Waals surface area contributed by atoms with E-state index >= 15 is 0 Å². The molecular weight excluding hydrogens is 148 g/mol. The SMILES string of the molecule is CC(C)N1Cc2ccn(C)c2C1. The predicted octanol–water partition coefficient (Wildman–Crippen LogP) is 1.75. The maximum absolute atomic E-state index is 2.49. The molecule has 2 nitrogen and oxygen atoms in total. The number of hydrogen-bond acceptors (Lipinski definition) is 1. The number of hydrogen-bond donors (Lipinski definition) is 0. The lowest BCUT2D eigenvalue weighted by Crippen LogP contribution is -2.25. The molecule has 1 aliphatic heterocycles. The minimum atomic E-state index is 0.664. The van der Waals surface area contributed by atoms with Gasteiger partial charge in [0, 0.05) is 38.1 Å². The first-order valence-electron chi connectivity index (χ1n) is 4.55. The van der Waals surface area contributed by atoms with E-state index in [2.05, 4.69) is 42.6 Å². The molecule has 12 heavy (non-hydrogen) atoms. The van der Waals surface area contributed by atoms with Crippen molar-refractivity contribution in [3.63, 3.8) is 0 Å². The third-order valence-corrected chi connectivity index (χ3v) is 2.75. The van der Waals surface area contributed by atoms with Gasteiger partial charge in [-0.15, -0.1) is 0 Å². The summed E-state index contributed by atoms with van der Waals surface area (Å²) in [4.78, 5) is 2.49. The minimum absolute atomic E-state index is 0.664. The molecule has 1 aromatic rings. The normalized spacial score (nSPS) is 17.3. The molecule has 0 radical (unpaired) electrons. The number of fused-ring (bicyclic) bond motifs is 1. The highest BCUT2D eigenvalue weighted by Crippen LogP contribution is 2.24. The van der Waals surface area contributed by atoms with Gasteiger partial charge in [-0.2, -0.15) is 0 Å². The molecule has 2 rings (SSSR count). The summed E-state index contributed by atoms with van der Waals surface area (Å²) < 4.78 is 2.23. The van der Waals surface area contributed by atoms with Crippen molar-refractivity contribution < 1.29 is 0 Å². The molecule has 0 atom stereocenters. The van der Waals surface area contributed by atoms with E-state index in [4.69, 9.17) is 0 Å². The number of aromatic nitrogens is 1. The maximum Gasteiger partial charge on any atom is 0.0396 e. The van der Waals surface area contributed by atoms with Crippen LogP contribution < -0.4 is 0 Å². The van der Waals surface area contributed by atoms with Gasteiger partial charge in [-0.25, -0.2) is 0 Å². The molecule has 66 valence electrons. The second-order valence-electron chi connectivity index (χ2n) is 3.90. The summed E-state index contributed by atoms with van der Waals surface area (Å²) in [6.07, 6.45) is 2.16. The molecule has 0 aliphatic carbocycles. The third kappa shape index (κ3) is 1.07. The highest BCUT2D eigenvalue weighted by Gasteiger charge is 2.22. The van der Waals surface area contributed by atoms with Crippen molar-refractivity contribution in [1.29, 1.82) is 0 Å². The Morgan fingerprint density at radius 3 is 2.67 bits per heavy atom. The Hall–Kier alpha value is -0.760. The van der Waals surface area contributed by atoms with E-state index < -0.39 is 0 Å². The van der Waals surface area contributed by atoms with Gasteiger partial charge < -0.3 is 4.57 Å². The van der Waals surface area contributed by atoms with Gasteiger partial charge in [-0.1, -0.05) is 0 Å². The van der Waals surface area contributed by atoms with Gasteiger partial charge in [-0.3, -0.25) is 4.90 Å². The fourth-order valence-corrected chi connectivity index (χ4v) is 1.80. The molecule has 2 heterocycles. The lowest BCUT2D eigenvalue weighted by Gasteiger charge is -2.19. The van der Waals surface area contributed by atoms with Crippen LogP contribution in [0, 0.1) is 0 Å². The summed E-state index contributed by atoms with van der Waals surface area (Å²) in [5.41, 5.74) is 3.00. The van der Waals surface area contributed by atoms with Crippen LogP contribution in [-0.4, -0.2) is 15.5 Å². The van der Waals surface area contributed by atoms with E-state index in [0.717, 1.165) is 13.1 Å². The Bertz CT molecular complexity index is 286. The summed E-state index contributed by atoms with van der Waals surface area (Å²) in [7, 11) is 2.13. The molecule has 0 unspecified atom stereocenters. The Balaban J connectivity index is 2.22. The zero-order chi connectivity index (χ0) is 8.72. The van der Waals surface area contributed by atoms with Crippen molar-refractivity contribution in [3.8, 4) is 0 Å². The number of rotatable bonds is 1. The van der Waals surface area contributed by atoms with Gasteiger partial charge in [-0.05, 0) is 25.5 Å². The van der Waals surface area contributed by atoms with Crippen LogP contribution in [0.3, 0.4) is 0 Å². The van der Waals surface area contributed by atoms with E-state index in [-0.39, 0.29) is 0 Å². The number of nitrogens with zero attached hydrogens (tertiary/aromatic N) is 2. The molecular formula is C10H16N2. The van der Waals surface area contributed by atoms with Crippen molar-refractivity contribution in [2.45, 2.75) is 33.0 Å². The average molecular weight is 164 g/mol. The summed E-state index contributed by atoms with van der Waals surface area (Å²) in [5, 5.41) is 0. The topological polar surface area (TPSA) is 8.17 Å². The molecule has 1 aliphatic rings. The number of aryl methyl sites for hydroxylation is 1. The smallest absolute Gasteiger partial charge is 0.0396 e. The molecule has 0 saturated heterocycles. The fourth-order valence-electron chi connectivity index (χ4n) is 1.80. The van der Waals surface area contributed by atoms with Crippen molar-refractivity contribution in [2.75, 3.05) is 0 Å². The molecule has 0 aromatic carbocycles. The van der Waals surface area contributed by atoms with Crippen LogP contribution >= 0.6 is 0 Å². The maximum atomic E-state index is 2.49. The molecule has 0 bridgehead atoms. The highest BCUT2D eigenvalue weighted by atomic mass is 15.2. The van der Waals surface area contributed by atoms with Crippen LogP contribution in [0.15, 0.2) is 12.3 Å². The molecule has 2 heteroatoms. The molecule has 0 saturated carbocycles. The first-order valence-corrected chi connectivity index (χ1v) is 4.55. The fraction of sp³-hybridized carbons (Fsp3) is 0.600. The molecule has 0 amide bonds. The second-order valence-corrected chi connectivity index (χ2v) is 3.90. The van der Waals surface area contributed by atoms with E-state index in [1.54, 1.807) is 0 Å². The quantitative estimate of drug-likeness (QED) is 0.614. The summed E-state index contributed by atoms with van der Waals surface area (Å²) >= 11 is 0. The van der Waals surface area contributed by atoms with Gasteiger partial charge in [0.15, 0.2) is 0 Å². The van der Waals surface area contributed by atoms with E-state index in [0.29, 0.717) is 6.04 Å². The lowest BCUT2D eigenvalue weighted by atomic mass is 10.3. The van der Waals surface area contributed by atoms with Gasteiger partial charge >= 0.3 is 0 Å². The predicted molar refractivity (Wildman–Crippen MR) is 49.8 cm³/mol.